The molecule has 2 heterocycles. The molecular formula is C24H34N4O3. The molecule has 1 N–H and O–H groups in total. The number of pyridine rings is 2. The second kappa shape index (κ2) is 11.4. The van der Waals surface area contributed by atoms with Crippen LogP contribution in [0.25, 0.3) is 0 Å². The maximum absolute atomic E-state index is 13.1. The second-order valence-electron chi connectivity index (χ2n) is 8.74. The molecule has 0 atom stereocenters. The van der Waals surface area contributed by atoms with E-state index in [0.29, 0.717) is 37.9 Å². The fourth-order valence-electron chi connectivity index (χ4n) is 3.18. The summed E-state index contributed by atoms with van der Waals surface area (Å²) in [4.78, 5) is 44.6. The summed E-state index contributed by atoms with van der Waals surface area (Å²) < 4.78 is 1.77. The number of likely N-dealkylation sites (N-methyl/N-ethyl adjacent to an activating group) is 1. The first-order valence-electron chi connectivity index (χ1n) is 10.9. The van der Waals surface area contributed by atoms with Gasteiger partial charge in [-0.05, 0) is 30.4 Å². The van der Waals surface area contributed by atoms with Gasteiger partial charge in [-0.25, -0.2) is 0 Å². The molecule has 7 nitrogen and oxygen atoms in total. The number of hydrogen-bond acceptors (Lipinski definition) is 4. The Hall–Kier alpha value is -2.96. The van der Waals surface area contributed by atoms with Gasteiger partial charge in [-0.3, -0.25) is 19.4 Å². The minimum atomic E-state index is -0.531. The highest BCUT2D eigenvalue weighted by atomic mass is 16.2. The normalized spacial score (nSPS) is 11.1. The Labute approximate surface area is 184 Å². The predicted molar refractivity (Wildman–Crippen MR) is 122 cm³/mol. The Kier molecular flexibility index (Phi) is 8.97. The molecule has 0 aliphatic carbocycles. The van der Waals surface area contributed by atoms with Crippen LogP contribution < -0.4 is 10.7 Å². The molecule has 2 aromatic rings. The molecule has 2 aromatic heterocycles. The topological polar surface area (TPSA) is 84.3 Å². The van der Waals surface area contributed by atoms with Gasteiger partial charge >= 0.3 is 0 Å². The molecule has 0 saturated heterocycles. The zero-order chi connectivity index (χ0) is 23.0. The highest BCUT2D eigenvalue weighted by Crippen LogP contribution is 2.07. The molecule has 2 rings (SSSR count). The average Bonchev–Trinajstić information content (AvgIpc) is 2.72. The molecule has 31 heavy (non-hydrogen) atoms. The van der Waals surface area contributed by atoms with Crippen LogP contribution in [0.15, 0.2) is 41.6 Å². The van der Waals surface area contributed by atoms with E-state index in [-0.39, 0.29) is 11.1 Å². The Morgan fingerprint density at radius 1 is 1.10 bits per heavy atom. The minimum absolute atomic E-state index is 0.00776. The van der Waals surface area contributed by atoms with Crippen LogP contribution in [-0.4, -0.2) is 46.4 Å². The largest absolute Gasteiger partial charge is 0.352 e. The van der Waals surface area contributed by atoms with Crippen molar-refractivity contribution in [3.05, 3.63) is 63.8 Å². The zero-order valence-electron chi connectivity index (χ0n) is 19.2. The van der Waals surface area contributed by atoms with Crippen molar-refractivity contribution in [1.82, 2.24) is 19.8 Å². The SMILES string of the molecule is CC(C)CCNC(=O)c1cn(CC(C)C)cc(C(=O)N(C)CCc2ccccn2)c1=O. The summed E-state index contributed by atoms with van der Waals surface area (Å²) in [6.07, 6.45) is 6.23. The third-order valence-corrected chi connectivity index (χ3v) is 4.91. The number of amides is 2. The highest BCUT2D eigenvalue weighted by molar-refractivity contribution is 5.99. The first-order chi connectivity index (χ1) is 14.7. The third kappa shape index (κ3) is 7.35. The van der Waals surface area contributed by atoms with Gasteiger partial charge in [0.05, 0.1) is 0 Å². The number of nitrogens with zero attached hydrogens (tertiary/aromatic N) is 3. The van der Waals surface area contributed by atoms with Gasteiger partial charge in [0.2, 0.25) is 5.43 Å². The first kappa shape index (κ1) is 24.3. The maximum atomic E-state index is 13.1. The summed E-state index contributed by atoms with van der Waals surface area (Å²) in [7, 11) is 1.66. The molecular weight excluding hydrogens is 392 g/mol. The second-order valence-corrected chi connectivity index (χ2v) is 8.74. The molecule has 0 bridgehead atoms. The number of rotatable bonds is 10. The summed E-state index contributed by atoms with van der Waals surface area (Å²) >= 11 is 0. The summed E-state index contributed by atoms with van der Waals surface area (Å²) in [5, 5.41) is 2.81. The molecule has 0 radical (unpaired) electrons. The van der Waals surface area contributed by atoms with E-state index < -0.39 is 17.2 Å². The average molecular weight is 427 g/mol. The van der Waals surface area contributed by atoms with Crippen LogP contribution >= 0.6 is 0 Å². The summed E-state index contributed by atoms with van der Waals surface area (Å²) in [5.41, 5.74) is 0.364. The Morgan fingerprint density at radius 2 is 1.81 bits per heavy atom. The number of carbonyl (C=O) groups is 2. The van der Waals surface area contributed by atoms with Crippen molar-refractivity contribution in [2.45, 2.75) is 47.1 Å². The number of aromatic nitrogens is 2. The molecule has 0 unspecified atom stereocenters. The minimum Gasteiger partial charge on any atom is -0.352 e. The van der Waals surface area contributed by atoms with Crippen LogP contribution in [-0.2, 0) is 13.0 Å². The van der Waals surface area contributed by atoms with Crippen molar-refractivity contribution in [3.8, 4) is 0 Å². The van der Waals surface area contributed by atoms with Gasteiger partial charge in [0, 0.05) is 57.4 Å². The third-order valence-electron chi connectivity index (χ3n) is 4.91. The van der Waals surface area contributed by atoms with E-state index in [1.807, 2.05) is 32.0 Å². The van der Waals surface area contributed by atoms with Crippen molar-refractivity contribution < 1.29 is 9.59 Å². The van der Waals surface area contributed by atoms with E-state index in [4.69, 9.17) is 0 Å². The Morgan fingerprint density at radius 3 is 2.42 bits per heavy atom. The molecule has 0 aromatic carbocycles. The number of hydrogen-bond donors (Lipinski definition) is 1. The number of nitrogens with one attached hydrogen (secondary N) is 1. The lowest BCUT2D eigenvalue weighted by Crippen LogP contribution is -2.37. The van der Waals surface area contributed by atoms with Crippen LogP contribution in [0.4, 0.5) is 0 Å². The summed E-state index contributed by atoms with van der Waals surface area (Å²) in [5.74, 6) is -0.0908. The van der Waals surface area contributed by atoms with Gasteiger partial charge in [-0.2, -0.15) is 0 Å². The van der Waals surface area contributed by atoms with Crippen LogP contribution in [0.2, 0.25) is 0 Å². The highest BCUT2D eigenvalue weighted by Gasteiger charge is 2.22. The van der Waals surface area contributed by atoms with E-state index in [1.54, 1.807) is 30.2 Å². The van der Waals surface area contributed by atoms with Gasteiger partial charge in [0.15, 0.2) is 0 Å². The van der Waals surface area contributed by atoms with E-state index in [2.05, 4.69) is 24.1 Å². The number of carbonyl (C=O) groups excluding carboxylic acids is 2. The van der Waals surface area contributed by atoms with Gasteiger partial charge in [-0.1, -0.05) is 33.8 Å². The Balaban J connectivity index is 2.26. The van der Waals surface area contributed by atoms with Crippen molar-refractivity contribution in [3.63, 3.8) is 0 Å². The quantitative estimate of drug-likeness (QED) is 0.633. The van der Waals surface area contributed by atoms with Gasteiger partial charge in [-0.15, -0.1) is 0 Å². The van der Waals surface area contributed by atoms with E-state index >= 15 is 0 Å². The summed E-state index contributed by atoms with van der Waals surface area (Å²) in [6, 6.07) is 5.64. The predicted octanol–water partition coefficient (Wildman–Crippen LogP) is 2.99. The standard InChI is InChI=1S/C24H34N4O3/c1-17(2)9-12-26-23(30)20-15-28(14-18(3)4)16-21(22(20)29)24(31)27(5)13-10-19-8-6-7-11-25-19/h6-8,11,15-18H,9-10,12-14H2,1-5H3,(H,26,30). The van der Waals surface area contributed by atoms with Crippen molar-refractivity contribution in [2.75, 3.05) is 20.1 Å². The first-order valence-corrected chi connectivity index (χ1v) is 10.9. The molecule has 168 valence electrons. The molecule has 0 saturated carbocycles. The van der Waals surface area contributed by atoms with Crippen molar-refractivity contribution in [1.29, 1.82) is 0 Å². The summed E-state index contributed by atoms with van der Waals surface area (Å²) in [6.45, 7) is 9.74. The van der Waals surface area contributed by atoms with Gasteiger partial charge < -0.3 is 14.8 Å². The fraction of sp³-hybridized carbons (Fsp3) is 0.500. The zero-order valence-corrected chi connectivity index (χ0v) is 19.2. The lowest BCUT2D eigenvalue weighted by molar-refractivity contribution is 0.0794. The molecule has 7 heteroatoms. The van der Waals surface area contributed by atoms with E-state index in [0.717, 1.165) is 12.1 Å². The van der Waals surface area contributed by atoms with Crippen LogP contribution in [0.1, 0.15) is 60.5 Å². The molecule has 2 amide bonds. The van der Waals surface area contributed by atoms with E-state index in [9.17, 15) is 14.4 Å². The molecule has 0 aliphatic rings. The van der Waals surface area contributed by atoms with Gasteiger partial charge in [0.1, 0.15) is 11.1 Å². The Bertz CT molecular complexity index is 936. The molecule has 0 fully saturated rings. The lowest BCUT2D eigenvalue weighted by Gasteiger charge is -2.19. The molecule has 0 spiro atoms. The smallest absolute Gasteiger partial charge is 0.259 e. The van der Waals surface area contributed by atoms with Crippen LogP contribution in [0.3, 0.4) is 0 Å². The lowest BCUT2D eigenvalue weighted by atomic mass is 10.1. The molecule has 0 aliphatic heterocycles. The fourth-order valence-corrected chi connectivity index (χ4v) is 3.18. The van der Waals surface area contributed by atoms with Crippen LogP contribution in [0.5, 0.6) is 0 Å². The maximum Gasteiger partial charge on any atom is 0.259 e. The van der Waals surface area contributed by atoms with Gasteiger partial charge in [0.25, 0.3) is 11.8 Å². The van der Waals surface area contributed by atoms with Crippen LogP contribution in [0, 0.1) is 11.8 Å². The van der Waals surface area contributed by atoms with Crippen molar-refractivity contribution >= 4 is 11.8 Å². The monoisotopic (exact) mass is 426 g/mol. The van der Waals surface area contributed by atoms with Crippen molar-refractivity contribution in [2.24, 2.45) is 11.8 Å². The van der Waals surface area contributed by atoms with E-state index in [1.165, 1.54) is 4.90 Å².